The molecular weight excluding hydrogens is 264 g/mol. The Morgan fingerprint density at radius 1 is 1.52 bits per heavy atom. The van der Waals surface area contributed by atoms with Crippen LogP contribution in [0.15, 0.2) is 12.4 Å². The Hall–Kier alpha value is -1.36. The van der Waals surface area contributed by atoms with Crippen LogP contribution < -0.4 is 11.1 Å². The van der Waals surface area contributed by atoms with Crippen LogP contribution in [-0.4, -0.2) is 21.7 Å². The van der Waals surface area contributed by atoms with Gasteiger partial charge in [0.25, 0.3) is 0 Å². The third-order valence-electron chi connectivity index (χ3n) is 6.48. The molecule has 1 aromatic heterocycles. The van der Waals surface area contributed by atoms with Gasteiger partial charge in [0.2, 0.25) is 5.91 Å². The number of hydrogen-bond donors (Lipinski definition) is 2. The molecule has 0 saturated heterocycles. The first-order valence-electron chi connectivity index (χ1n) is 7.80. The average molecular weight is 290 g/mol. The number of fused-ring (bicyclic) bond motifs is 2. The van der Waals surface area contributed by atoms with Crippen LogP contribution >= 0.6 is 0 Å². The number of nitrogens with two attached hydrogens (primary N) is 1. The highest BCUT2D eigenvalue weighted by Crippen LogP contribution is 2.65. The molecule has 0 spiro atoms. The fraction of sp³-hybridized carbons (Fsp3) is 0.750. The standard InChI is InChI=1S/C16H26N4O/c1-15(2)11-5-6-16(15,3)12(7-11)19-14(21)13(17)10-8-18-20(4)9-10/h8-9,11-13H,5-7,17H2,1-4H3,(H,19,21). The maximum Gasteiger partial charge on any atom is 0.241 e. The molecule has 0 radical (unpaired) electrons. The molecule has 0 aromatic carbocycles. The Labute approximate surface area is 126 Å². The van der Waals surface area contributed by atoms with Crippen molar-refractivity contribution in [2.45, 2.75) is 52.1 Å². The minimum absolute atomic E-state index is 0.0856. The monoisotopic (exact) mass is 290 g/mol. The quantitative estimate of drug-likeness (QED) is 0.890. The highest BCUT2D eigenvalue weighted by Gasteiger charge is 2.61. The molecule has 3 N–H and O–H groups in total. The summed E-state index contributed by atoms with van der Waals surface area (Å²) < 4.78 is 1.67. The van der Waals surface area contributed by atoms with Gasteiger partial charge in [-0.15, -0.1) is 0 Å². The number of nitrogens with zero attached hydrogens (tertiary/aromatic N) is 2. The van der Waals surface area contributed by atoms with Gasteiger partial charge in [-0.3, -0.25) is 9.48 Å². The van der Waals surface area contributed by atoms with E-state index in [2.05, 4.69) is 31.2 Å². The van der Waals surface area contributed by atoms with Gasteiger partial charge in [-0.1, -0.05) is 20.8 Å². The van der Waals surface area contributed by atoms with Crippen LogP contribution in [0.1, 0.15) is 51.6 Å². The highest BCUT2D eigenvalue weighted by atomic mass is 16.2. The van der Waals surface area contributed by atoms with E-state index >= 15 is 0 Å². The van der Waals surface area contributed by atoms with Gasteiger partial charge >= 0.3 is 0 Å². The lowest BCUT2D eigenvalue weighted by Gasteiger charge is -2.39. The number of amides is 1. The molecule has 5 heteroatoms. The lowest BCUT2D eigenvalue weighted by Crippen LogP contribution is -2.49. The van der Waals surface area contributed by atoms with E-state index in [1.54, 1.807) is 17.1 Å². The number of hydrogen-bond acceptors (Lipinski definition) is 3. The van der Waals surface area contributed by atoms with Crippen molar-refractivity contribution in [1.82, 2.24) is 15.1 Å². The molecule has 116 valence electrons. The summed E-state index contributed by atoms with van der Waals surface area (Å²) in [6.45, 7) is 7.01. The smallest absolute Gasteiger partial charge is 0.241 e. The second-order valence-electron chi connectivity index (χ2n) is 7.60. The minimum atomic E-state index is -0.635. The zero-order valence-corrected chi connectivity index (χ0v) is 13.4. The lowest BCUT2D eigenvalue weighted by molar-refractivity contribution is -0.124. The van der Waals surface area contributed by atoms with Crippen LogP contribution in [0.4, 0.5) is 0 Å². The largest absolute Gasteiger partial charge is 0.351 e. The van der Waals surface area contributed by atoms with E-state index in [0.717, 1.165) is 12.0 Å². The van der Waals surface area contributed by atoms with E-state index in [0.29, 0.717) is 11.3 Å². The number of rotatable bonds is 3. The number of aryl methyl sites for hydroxylation is 1. The van der Waals surface area contributed by atoms with Crippen molar-refractivity contribution >= 4 is 5.91 Å². The van der Waals surface area contributed by atoms with Gasteiger partial charge in [-0.05, 0) is 36.0 Å². The third kappa shape index (κ3) is 2.01. The Balaban J connectivity index is 1.72. The molecule has 0 aliphatic heterocycles. The average Bonchev–Trinajstić information content (AvgIpc) is 2.99. The normalized spacial score (nSPS) is 34.9. The van der Waals surface area contributed by atoms with Crippen molar-refractivity contribution in [2.24, 2.45) is 29.5 Å². The van der Waals surface area contributed by atoms with Crippen LogP contribution in [0.25, 0.3) is 0 Å². The van der Waals surface area contributed by atoms with Crippen LogP contribution in [-0.2, 0) is 11.8 Å². The first kappa shape index (κ1) is 14.6. The number of carbonyl (C=O) groups is 1. The molecule has 1 aromatic rings. The molecule has 2 bridgehead atoms. The molecule has 2 aliphatic carbocycles. The van der Waals surface area contributed by atoms with Gasteiger partial charge in [0.05, 0.1) is 6.20 Å². The fourth-order valence-electron chi connectivity index (χ4n) is 4.44. The Kier molecular flexibility index (Phi) is 3.17. The Morgan fingerprint density at radius 2 is 2.24 bits per heavy atom. The summed E-state index contributed by atoms with van der Waals surface area (Å²) in [4.78, 5) is 12.5. The molecule has 5 nitrogen and oxygen atoms in total. The van der Waals surface area contributed by atoms with E-state index in [4.69, 9.17) is 5.73 Å². The van der Waals surface area contributed by atoms with E-state index in [1.165, 1.54) is 12.8 Å². The summed E-state index contributed by atoms with van der Waals surface area (Å²) in [7, 11) is 1.83. The van der Waals surface area contributed by atoms with Crippen molar-refractivity contribution in [3.63, 3.8) is 0 Å². The van der Waals surface area contributed by atoms with E-state index in [1.807, 2.05) is 7.05 Å². The van der Waals surface area contributed by atoms with Crippen molar-refractivity contribution in [3.8, 4) is 0 Å². The molecule has 1 heterocycles. The predicted octanol–water partition coefficient (Wildman–Crippen LogP) is 1.75. The molecule has 4 unspecified atom stereocenters. The van der Waals surface area contributed by atoms with Crippen molar-refractivity contribution < 1.29 is 4.79 Å². The van der Waals surface area contributed by atoms with Crippen molar-refractivity contribution in [3.05, 3.63) is 18.0 Å². The summed E-state index contributed by atoms with van der Waals surface area (Å²) in [5, 5.41) is 7.30. The van der Waals surface area contributed by atoms with Gasteiger partial charge in [-0.25, -0.2) is 0 Å². The molecule has 1 amide bonds. The van der Waals surface area contributed by atoms with E-state index in [9.17, 15) is 4.79 Å². The second-order valence-corrected chi connectivity index (χ2v) is 7.60. The molecular formula is C16H26N4O. The Bertz CT molecular complexity index is 564. The number of nitrogens with one attached hydrogen (secondary N) is 1. The second kappa shape index (κ2) is 4.57. The summed E-state index contributed by atoms with van der Waals surface area (Å²) in [6, 6.07) is -0.397. The van der Waals surface area contributed by atoms with Crippen LogP contribution in [0.2, 0.25) is 0 Å². The van der Waals surface area contributed by atoms with E-state index in [-0.39, 0.29) is 17.4 Å². The predicted molar refractivity (Wildman–Crippen MR) is 81.3 cm³/mol. The first-order valence-corrected chi connectivity index (χ1v) is 7.80. The number of aromatic nitrogens is 2. The molecule has 21 heavy (non-hydrogen) atoms. The van der Waals surface area contributed by atoms with Crippen molar-refractivity contribution in [1.29, 1.82) is 0 Å². The summed E-state index contributed by atoms with van der Waals surface area (Å²) in [5.41, 5.74) is 7.32. The highest BCUT2D eigenvalue weighted by molar-refractivity contribution is 5.83. The van der Waals surface area contributed by atoms with Gasteiger partial charge in [-0.2, -0.15) is 5.10 Å². The molecule has 3 rings (SSSR count). The van der Waals surface area contributed by atoms with Crippen LogP contribution in [0.5, 0.6) is 0 Å². The van der Waals surface area contributed by atoms with Crippen molar-refractivity contribution in [2.75, 3.05) is 0 Å². The molecule has 2 aliphatic rings. The first-order chi connectivity index (χ1) is 9.75. The minimum Gasteiger partial charge on any atom is -0.351 e. The van der Waals surface area contributed by atoms with Gasteiger partial charge < -0.3 is 11.1 Å². The van der Waals surface area contributed by atoms with Crippen LogP contribution in [0, 0.1) is 16.7 Å². The maximum atomic E-state index is 12.5. The SMILES string of the molecule is Cn1cc(C(N)C(=O)NC2CC3CCC2(C)C3(C)C)cn1. The zero-order valence-electron chi connectivity index (χ0n) is 13.4. The van der Waals surface area contributed by atoms with Gasteiger partial charge in [0, 0.05) is 24.8 Å². The van der Waals surface area contributed by atoms with Gasteiger partial charge in [0.1, 0.15) is 6.04 Å². The van der Waals surface area contributed by atoms with Gasteiger partial charge in [0.15, 0.2) is 0 Å². The maximum absolute atomic E-state index is 12.5. The summed E-state index contributed by atoms with van der Waals surface area (Å²) >= 11 is 0. The molecule has 2 fully saturated rings. The Morgan fingerprint density at radius 3 is 2.71 bits per heavy atom. The van der Waals surface area contributed by atoms with E-state index < -0.39 is 6.04 Å². The lowest BCUT2D eigenvalue weighted by atomic mass is 9.69. The fourth-order valence-corrected chi connectivity index (χ4v) is 4.44. The summed E-state index contributed by atoms with van der Waals surface area (Å²) in [6.07, 6.45) is 7.02. The van der Waals surface area contributed by atoms with Crippen LogP contribution in [0.3, 0.4) is 0 Å². The number of carbonyl (C=O) groups excluding carboxylic acids is 1. The topological polar surface area (TPSA) is 72.9 Å². The molecule has 2 saturated carbocycles. The summed E-state index contributed by atoms with van der Waals surface area (Å²) in [5.74, 6) is 0.625. The molecule has 4 atom stereocenters. The third-order valence-corrected chi connectivity index (χ3v) is 6.48. The zero-order chi connectivity index (χ0) is 15.4.